The lowest BCUT2D eigenvalue weighted by molar-refractivity contribution is 0.154. The van der Waals surface area contributed by atoms with Crippen LogP contribution >= 0.6 is 0 Å². The van der Waals surface area contributed by atoms with Crippen molar-refractivity contribution in [3.63, 3.8) is 0 Å². The largest absolute Gasteiger partial charge is 0.475 e. The zero-order chi connectivity index (χ0) is 18.9. The van der Waals surface area contributed by atoms with Crippen molar-refractivity contribution in [3.05, 3.63) is 12.2 Å². The number of ether oxygens (including phenoxy) is 1. The van der Waals surface area contributed by atoms with E-state index < -0.39 is 5.54 Å². The van der Waals surface area contributed by atoms with E-state index in [1.54, 1.807) is 0 Å². The maximum absolute atomic E-state index is 9.43. The molecule has 1 aliphatic heterocycles. The summed E-state index contributed by atoms with van der Waals surface area (Å²) in [6, 6.07) is 0. The van der Waals surface area contributed by atoms with E-state index >= 15 is 0 Å². The second-order valence-corrected chi connectivity index (χ2v) is 7.91. The normalized spacial score (nSPS) is 19.9. The topological polar surface area (TPSA) is 41.8 Å². The zero-order valence-corrected chi connectivity index (χ0v) is 17.5. The maximum atomic E-state index is 9.43. The molecule has 1 atom stereocenters. The molecule has 0 aliphatic carbocycles. The Morgan fingerprint density at radius 3 is 1.88 bits per heavy atom. The molecule has 1 rings (SSSR count). The van der Waals surface area contributed by atoms with Gasteiger partial charge in [0.1, 0.15) is 12.1 Å². The molecule has 0 amide bonds. The minimum atomic E-state index is -0.394. The lowest BCUT2D eigenvalue weighted by Crippen LogP contribution is -2.31. The average molecular weight is 366 g/mol. The number of aliphatic imine (C=N–C) groups is 1. The third-order valence-electron chi connectivity index (χ3n) is 5.52. The minimum absolute atomic E-state index is 0.0691. The van der Waals surface area contributed by atoms with E-state index in [0.29, 0.717) is 12.5 Å². The Bertz CT molecular complexity index is 386. The molecule has 0 radical (unpaired) electrons. The Labute approximate surface area is 162 Å². The van der Waals surface area contributed by atoms with Crippen LogP contribution in [0.4, 0.5) is 0 Å². The molecule has 0 saturated heterocycles. The third kappa shape index (κ3) is 10.4. The molecule has 0 bridgehead atoms. The van der Waals surface area contributed by atoms with Gasteiger partial charge < -0.3 is 9.84 Å². The van der Waals surface area contributed by atoms with E-state index in [4.69, 9.17) is 4.74 Å². The van der Waals surface area contributed by atoms with Gasteiger partial charge in [0.25, 0.3) is 0 Å². The quantitative estimate of drug-likeness (QED) is 0.295. The fourth-order valence-corrected chi connectivity index (χ4v) is 3.43. The second-order valence-electron chi connectivity index (χ2n) is 7.91. The van der Waals surface area contributed by atoms with Gasteiger partial charge in [0, 0.05) is 0 Å². The first-order valence-electron chi connectivity index (χ1n) is 11.3. The van der Waals surface area contributed by atoms with Gasteiger partial charge in [0.2, 0.25) is 5.90 Å². The van der Waals surface area contributed by atoms with Crippen LogP contribution in [0.25, 0.3) is 0 Å². The number of nitrogens with zero attached hydrogens (tertiary/aromatic N) is 1. The van der Waals surface area contributed by atoms with Gasteiger partial charge in [-0.15, -0.1) is 0 Å². The standard InChI is InChI=1S/C23H43NO2/c1-3-5-6-7-8-9-10-11-12-13-14-15-16-17-18-19-22-24-23(4-2,20-25)21-26-22/h18-19,25H,3-17,20-21H2,1-2H3. The molecule has 0 saturated carbocycles. The maximum Gasteiger partial charge on any atom is 0.209 e. The summed E-state index contributed by atoms with van der Waals surface area (Å²) in [6.07, 6.45) is 24.2. The van der Waals surface area contributed by atoms with Gasteiger partial charge in [-0.3, -0.25) is 0 Å². The van der Waals surface area contributed by atoms with Crippen LogP contribution in [-0.2, 0) is 4.74 Å². The first kappa shape index (κ1) is 23.2. The van der Waals surface area contributed by atoms with Crippen LogP contribution in [0.5, 0.6) is 0 Å². The van der Waals surface area contributed by atoms with Gasteiger partial charge >= 0.3 is 0 Å². The van der Waals surface area contributed by atoms with E-state index in [-0.39, 0.29) is 6.61 Å². The van der Waals surface area contributed by atoms with Crippen molar-refractivity contribution in [1.82, 2.24) is 0 Å². The van der Waals surface area contributed by atoms with E-state index in [9.17, 15) is 5.11 Å². The number of aliphatic hydroxyl groups is 1. The average Bonchev–Trinajstić information content (AvgIpc) is 3.09. The molecule has 3 nitrogen and oxygen atoms in total. The minimum Gasteiger partial charge on any atom is -0.475 e. The molecule has 1 heterocycles. The Morgan fingerprint density at radius 2 is 1.42 bits per heavy atom. The smallest absolute Gasteiger partial charge is 0.209 e. The lowest BCUT2D eigenvalue weighted by Gasteiger charge is -2.17. The van der Waals surface area contributed by atoms with Crippen molar-refractivity contribution in [3.8, 4) is 0 Å². The van der Waals surface area contributed by atoms with Crippen LogP contribution in [0.1, 0.15) is 110 Å². The van der Waals surface area contributed by atoms with Gasteiger partial charge in [0.15, 0.2) is 0 Å². The highest BCUT2D eigenvalue weighted by molar-refractivity contribution is 5.89. The fourth-order valence-electron chi connectivity index (χ4n) is 3.43. The van der Waals surface area contributed by atoms with Gasteiger partial charge in [-0.25, -0.2) is 4.99 Å². The number of rotatable bonds is 17. The molecule has 0 aromatic rings. The van der Waals surface area contributed by atoms with Crippen LogP contribution < -0.4 is 0 Å². The number of unbranched alkanes of at least 4 members (excludes halogenated alkanes) is 13. The van der Waals surface area contributed by atoms with Crippen LogP contribution in [-0.4, -0.2) is 29.8 Å². The molecule has 26 heavy (non-hydrogen) atoms. The molecular formula is C23H43NO2. The Balaban J connectivity index is 1.88. The summed E-state index contributed by atoms with van der Waals surface area (Å²) in [5.74, 6) is 0.690. The molecule has 0 fully saturated rings. The van der Waals surface area contributed by atoms with Crippen LogP contribution in [0.2, 0.25) is 0 Å². The Hall–Kier alpha value is -0.830. The van der Waals surface area contributed by atoms with Gasteiger partial charge in [-0.1, -0.05) is 97.0 Å². The zero-order valence-electron chi connectivity index (χ0n) is 17.5. The highest BCUT2D eigenvalue weighted by Crippen LogP contribution is 2.22. The van der Waals surface area contributed by atoms with E-state index in [0.717, 1.165) is 12.8 Å². The Morgan fingerprint density at radius 1 is 0.885 bits per heavy atom. The van der Waals surface area contributed by atoms with Gasteiger partial charge in [-0.2, -0.15) is 0 Å². The molecular weight excluding hydrogens is 322 g/mol. The summed E-state index contributed by atoms with van der Waals surface area (Å²) in [5, 5.41) is 9.43. The summed E-state index contributed by atoms with van der Waals surface area (Å²) < 4.78 is 5.57. The highest BCUT2D eigenvalue weighted by Gasteiger charge is 2.33. The first-order chi connectivity index (χ1) is 12.8. The lowest BCUT2D eigenvalue weighted by atomic mass is 10.0. The first-order valence-corrected chi connectivity index (χ1v) is 11.3. The summed E-state index contributed by atoms with van der Waals surface area (Å²) in [6.45, 7) is 4.91. The van der Waals surface area contributed by atoms with Crippen LogP contribution in [0.15, 0.2) is 17.1 Å². The van der Waals surface area contributed by atoms with Crippen molar-refractivity contribution in [2.75, 3.05) is 13.2 Å². The number of hydrogen-bond acceptors (Lipinski definition) is 3. The second kappa shape index (κ2) is 15.2. The van der Waals surface area contributed by atoms with Crippen molar-refractivity contribution in [1.29, 1.82) is 0 Å². The molecule has 3 heteroatoms. The molecule has 1 aliphatic rings. The van der Waals surface area contributed by atoms with E-state index in [2.05, 4.69) is 18.0 Å². The van der Waals surface area contributed by atoms with Gasteiger partial charge in [-0.05, 0) is 25.3 Å². The molecule has 0 aromatic carbocycles. The van der Waals surface area contributed by atoms with Crippen LogP contribution in [0, 0.1) is 0 Å². The number of aliphatic hydroxyl groups excluding tert-OH is 1. The molecule has 1 N–H and O–H groups in total. The highest BCUT2D eigenvalue weighted by atomic mass is 16.5. The van der Waals surface area contributed by atoms with E-state index in [1.807, 2.05) is 13.0 Å². The van der Waals surface area contributed by atoms with Crippen molar-refractivity contribution in [2.24, 2.45) is 4.99 Å². The monoisotopic (exact) mass is 365 g/mol. The summed E-state index contributed by atoms with van der Waals surface area (Å²) in [7, 11) is 0. The van der Waals surface area contributed by atoms with E-state index in [1.165, 1.54) is 83.5 Å². The molecule has 152 valence electrons. The summed E-state index contributed by atoms with van der Waals surface area (Å²) in [4.78, 5) is 4.52. The van der Waals surface area contributed by atoms with Crippen LogP contribution in [0.3, 0.4) is 0 Å². The summed E-state index contributed by atoms with van der Waals surface area (Å²) in [5.41, 5.74) is -0.394. The summed E-state index contributed by atoms with van der Waals surface area (Å²) >= 11 is 0. The SMILES string of the molecule is CCCCCCCCCCCCCCCC=CC1=NC(CC)(CO)CO1. The number of hydrogen-bond donors (Lipinski definition) is 1. The predicted molar refractivity (Wildman–Crippen MR) is 113 cm³/mol. The fraction of sp³-hybridized carbons (Fsp3) is 0.870. The molecule has 0 spiro atoms. The molecule has 0 aromatic heterocycles. The predicted octanol–water partition coefficient (Wildman–Crippen LogP) is 6.59. The van der Waals surface area contributed by atoms with Gasteiger partial charge in [0.05, 0.1) is 6.61 Å². The molecule has 1 unspecified atom stereocenters. The van der Waals surface area contributed by atoms with Crippen molar-refractivity contribution < 1.29 is 9.84 Å². The third-order valence-corrected chi connectivity index (χ3v) is 5.52. The van der Waals surface area contributed by atoms with Crippen molar-refractivity contribution >= 4 is 5.90 Å². The Kier molecular flexibility index (Phi) is 13.6. The number of allylic oxidation sites excluding steroid dienone is 1. The van der Waals surface area contributed by atoms with Crippen molar-refractivity contribution in [2.45, 2.75) is 116 Å².